The first-order valence-corrected chi connectivity index (χ1v) is 14.6. The van der Waals surface area contributed by atoms with Crippen LogP contribution in [0.4, 0.5) is 18.9 Å². The molecule has 2 bridgehead atoms. The van der Waals surface area contributed by atoms with Crippen LogP contribution in [0.25, 0.3) is 0 Å². The molecule has 37 heavy (non-hydrogen) atoms. The first-order chi connectivity index (χ1) is 17.8. The van der Waals surface area contributed by atoms with Crippen molar-refractivity contribution in [2.45, 2.75) is 57.4 Å². The summed E-state index contributed by atoms with van der Waals surface area (Å²) in [5, 5.41) is 0.713. The number of anilines is 1. The van der Waals surface area contributed by atoms with Crippen LogP contribution in [-0.4, -0.2) is 47.1 Å². The Morgan fingerprint density at radius 1 is 1.16 bits per heavy atom. The number of fused-ring (bicyclic) bond motifs is 2. The van der Waals surface area contributed by atoms with E-state index in [2.05, 4.69) is 16.0 Å². The second-order valence-electron chi connectivity index (χ2n) is 10.0. The lowest BCUT2D eigenvalue weighted by Crippen LogP contribution is -2.44. The Hall–Kier alpha value is -2.06. The van der Waals surface area contributed by atoms with E-state index in [0.29, 0.717) is 42.0 Å². The second kappa shape index (κ2) is 12.7. The van der Waals surface area contributed by atoms with Crippen molar-refractivity contribution in [2.24, 2.45) is 16.8 Å². The van der Waals surface area contributed by atoms with Crippen molar-refractivity contribution in [2.75, 3.05) is 30.1 Å². The van der Waals surface area contributed by atoms with E-state index in [-0.39, 0.29) is 23.8 Å². The molecule has 2 aliphatic rings. The van der Waals surface area contributed by atoms with Crippen molar-refractivity contribution in [1.29, 1.82) is 0 Å². The number of pyridine rings is 1. The molecule has 200 valence electrons. The fraction of sp³-hybridized carbons (Fsp3) is 0.536. The topological polar surface area (TPSA) is 45.6 Å². The summed E-state index contributed by atoms with van der Waals surface area (Å²) in [7, 11) is 0. The molecule has 4 rings (SSSR count). The van der Waals surface area contributed by atoms with Gasteiger partial charge in [0.05, 0.1) is 17.5 Å². The molecule has 0 amide bonds. The van der Waals surface area contributed by atoms with E-state index in [9.17, 15) is 18.0 Å². The van der Waals surface area contributed by atoms with Gasteiger partial charge in [-0.05, 0) is 68.9 Å². The van der Waals surface area contributed by atoms with Gasteiger partial charge in [0.25, 0.3) is 0 Å². The number of hydrogen-bond acceptors (Lipinski definition) is 5. The van der Waals surface area contributed by atoms with E-state index in [1.807, 2.05) is 25.4 Å². The number of hydrogen-bond donors (Lipinski definition) is 0. The Morgan fingerprint density at radius 3 is 2.54 bits per heavy atom. The van der Waals surface area contributed by atoms with Gasteiger partial charge in [-0.2, -0.15) is 0 Å². The minimum atomic E-state index is -1.54. The lowest BCUT2D eigenvalue weighted by molar-refractivity contribution is -0.119. The highest BCUT2D eigenvalue weighted by molar-refractivity contribution is 8.13. The average molecular weight is 552 g/mol. The highest BCUT2D eigenvalue weighted by Crippen LogP contribution is 2.41. The van der Waals surface area contributed by atoms with Crippen LogP contribution < -0.4 is 4.90 Å². The van der Waals surface area contributed by atoms with Crippen molar-refractivity contribution < 1.29 is 18.0 Å². The zero-order valence-corrected chi connectivity index (χ0v) is 22.8. The summed E-state index contributed by atoms with van der Waals surface area (Å²) >= 11 is 7.23. The van der Waals surface area contributed by atoms with Crippen LogP contribution in [0.1, 0.15) is 55.7 Å². The van der Waals surface area contributed by atoms with Crippen LogP contribution in [0.3, 0.4) is 0 Å². The Bertz CT molecular complexity index is 1130. The van der Waals surface area contributed by atoms with Crippen LogP contribution in [0, 0.1) is 36.2 Å². The van der Waals surface area contributed by atoms with Crippen molar-refractivity contribution in [3.63, 3.8) is 0 Å². The van der Waals surface area contributed by atoms with Crippen LogP contribution in [0.5, 0.6) is 0 Å². The number of alkyl halides is 1. The first kappa shape index (κ1) is 28.0. The summed E-state index contributed by atoms with van der Waals surface area (Å²) in [5.41, 5.74) is 2.08. The molecule has 0 N–H and O–H groups in total. The molecular formula is C28H33ClF3N3OS. The number of piperidine rings is 1. The predicted molar refractivity (Wildman–Crippen MR) is 145 cm³/mol. The number of carbonyl (C=O) groups is 1. The summed E-state index contributed by atoms with van der Waals surface area (Å²) in [6.07, 6.45) is 7.53. The summed E-state index contributed by atoms with van der Waals surface area (Å²) in [6, 6.07) is 6.36. The van der Waals surface area contributed by atoms with E-state index in [4.69, 9.17) is 16.6 Å². The average Bonchev–Trinajstić information content (AvgIpc) is 3.11. The minimum absolute atomic E-state index is 0.0499. The molecule has 0 spiro atoms. The number of carbonyl (C=O) groups excluding carboxylic acids is 1. The van der Waals surface area contributed by atoms with E-state index in [1.165, 1.54) is 23.5 Å². The summed E-state index contributed by atoms with van der Waals surface area (Å²) in [4.78, 5) is 25.2. The third-order valence-electron chi connectivity index (χ3n) is 7.59. The third-order valence-corrected chi connectivity index (χ3v) is 8.58. The van der Waals surface area contributed by atoms with Crippen molar-refractivity contribution in [3.05, 3.63) is 59.2 Å². The number of ketones is 1. The number of halogens is 4. The molecule has 9 heteroatoms. The molecule has 1 aliphatic heterocycles. The Labute approximate surface area is 226 Å². The highest BCUT2D eigenvalue weighted by Gasteiger charge is 2.42. The Morgan fingerprint density at radius 2 is 1.89 bits per heavy atom. The first-order valence-electron chi connectivity index (χ1n) is 12.8. The number of thioether (sulfide) groups is 1. The number of Topliss-reactive ketones (excluding diaryl/α,β-unsaturated/α-hetero) is 1. The van der Waals surface area contributed by atoms with Gasteiger partial charge in [0, 0.05) is 48.0 Å². The van der Waals surface area contributed by atoms with Crippen molar-refractivity contribution >= 4 is 39.9 Å². The SMILES string of the molecule is CSC(CC(=O)C(CCCCCl)c1ccc(F)c(F)c1F)=NC1[C@@H]2CC[C@H]1CN(c1ccnc(C)c1)C2. The molecule has 0 radical (unpaired) electrons. The molecule has 1 saturated heterocycles. The van der Waals surface area contributed by atoms with Crippen LogP contribution >= 0.6 is 23.4 Å². The van der Waals surface area contributed by atoms with Gasteiger partial charge in [-0.1, -0.05) is 12.5 Å². The molecule has 2 heterocycles. The molecule has 2 aromatic rings. The van der Waals surface area contributed by atoms with Gasteiger partial charge in [-0.3, -0.25) is 14.8 Å². The molecule has 1 aliphatic carbocycles. The quantitative estimate of drug-likeness (QED) is 0.105. The number of nitrogens with zero attached hydrogens (tertiary/aromatic N) is 3. The van der Waals surface area contributed by atoms with Crippen molar-refractivity contribution in [3.8, 4) is 0 Å². The molecule has 4 atom stereocenters. The molecular weight excluding hydrogens is 519 g/mol. The lowest BCUT2D eigenvalue weighted by atomic mass is 9.87. The van der Waals surface area contributed by atoms with E-state index in [0.717, 1.165) is 37.7 Å². The molecule has 2 fully saturated rings. The van der Waals surface area contributed by atoms with E-state index < -0.39 is 23.4 Å². The summed E-state index contributed by atoms with van der Waals surface area (Å²) in [5.74, 6) is -3.99. The second-order valence-corrected chi connectivity index (χ2v) is 11.3. The largest absolute Gasteiger partial charge is 0.371 e. The van der Waals surface area contributed by atoms with Crippen molar-refractivity contribution in [1.82, 2.24) is 4.98 Å². The van der Waals surface area contributed by atoms with Gasteiger partial charge in [-0.15, -0.1) is 23.4 Å². The maximum absolute atomic E-state index is 14.6. The fourth-order valence-electron chi connectivity index (χ4n) is 5.69. The normalized spacial score (nSPS) is 22.4. The molecule has 1 aromatic heterocycles. The minimum Gasteiger partial charge on any atom is -0.371 e. The summed E-state index contributed by atoms with van der Waals surface area (Å²) in [6.45, 7) is 3.81. The molecule has 1 aromatic carbocycles. The van der Waals surface area contributed by atoms with E-state index >= 15 is 0 Å². The summed E-state index contributed by atoms with van der Waals surface area (Å²) < 4.78 is 42.2. The zero-order chi connectivity index (χ0) is 26.5. The van der Waals surface area contributed by atoms with E-state index in [1.54, 1.807) is 0 Å². The monoisotopic (exact) mass is 551 g/mol. The van der Waals surface area contributed by atoms with Gasteiger partial charge < -0.3 is 4.90 Å². The van der Waals surface area contributed by atoms with Gasteiger partial charge in [-0.25, -0.2) is 13.2 Å². The van der Waals surface area contributed by atoms with Gasteiger partial charge >= 0.3 is 0 Å². The number of rotatable bonds is 10. The fourth-order valence-corrected chi connectivity index (χ4v) is 6.40. The smallest absolute Gasteiger partial charge is 0.194 e. The maximum atomic E-state index is 14.6. The van der Waals surface area contributed by atoms with Gasteiger partial charge in [0.15, 0.2) is 17.5 Å². The number of unbranched alkanes of at least 4 members (excludes halogenated alkanes) is 1. The zero-order valence-electron chi connectivity index (χ0n) is 21.2. The lowest BCUT2D eigenvalue weighted by Gasteiger charge is -2.38. The number of aromatic nitrogens is 1. The van der Waals surface area contributed by atoms with Crippen LogP contribution in [-0.2, 0) is 4.79 Å². The number of benzene rings is 1. The van der Waals surface area contributed by atoms with Crippen LogP contribution in [0.2, 0.25) is 0 Å². The van der Waals surface area contributed by atoms with Gasteiger partial charge in [0.2, 0.25) is 0 Å². The maximum Gasteiger partial charge on any atom is 0.194 e. The van der Waals surface area contributed by atoms with Gasteiger partial charge in [0.1, 0.15) is 5.78 Å². The predicted octanol–water partition coefficient (Wildman–Crippen LogP) is 6.94. The van der Waals surface area contributed by atoms with Crippen LogP contribution in [0.15, 0.2) is 35.5 Å². The molecule has 4 nitrogen and oxygen atoms in total. The standard InChI is InChI=1S/C28H33ClF3N3OS/c1-17-13-20(10-12-33-17)35-15-18-6-7-19(16-35)28(18)34-25(37-2)14-24(36)21(5-3-4-11-29)22-8-9-23(30)27(32)26(22)31/h8-10,12-13,18-19,21,28H,3-7,11,14-16H2,1-2H3/t18-,19+,21?,28?. The highest BCUT2D eigenvalue weighted by atomic mass is 35.5. The third kappa shape index (κ3) is 6.51. The number of aryl methyl sites for hydroxylation is 1. The molecule has 2 unspecified atom stereocenters. The number of aliphatic imine (C=N–C) groups is 1. The Balaban J connectivity index is 1.50. The Kier molecular flexibility index (Phi) is 9.57. The molecule has 1 saturated carbocycles.